The lowest BCUT2D eigenvalue weighted by Crippen LogP contribution is -2.11. The third kappa shape index (κ3) is 4.14. The van der Waals surface area contributed by atoms with E-state index in [4.69, 9.17) is 9.47 Å². The molecule has 0 aliphatic carbocycles. The van der Waals surface area contributed by atoms with Crippen LogP contribution >= 0.6 is 31.9 Å². The van der Waals surface area contributed by atoms with Gasteiger partial charge in [0, 0.05) is 19.7 Å². The molecule has 0 saturated heterocycles. The van der Waals surface area contributed by atoms with Gasteiger partial charge in [0.1, 0.15) is 0 Å². The number of ether oxygens (including phenoxy) is 2. The summed E-state index contributed by atoms with van der Waals surface area (Å²) < 4.78 is 12.9. The Morgan fingerprint density at radius 3 is 1.25 bits per heavy atom. The van der Waals surface area contributed by atoms with Crippen molar-refractivity contribution in [1.29, 1.82) is 0 Å². The fraction of sp³-hybridized carbons (Fsp3) is 0.267. The van der Waals surface area contributed by atoms with Crippen LogP contribution in [0.2, 0.25) is 0 Å². The molecular formula is C30H26Br2O4. The van der Waals surface area contributed by atoms with Crippen molar-refractivity contribution in [2.45, 2.75) is 27.7 Å². The highest BCUT2D eigenvalue weighted by molar-refractivity contribution is 9.11. The Labute approximate surface area is 226 Å². The SMILES string of the molecule is CC(C)COC(=O)c1ccc2c3ccc(C(=O)OCC(C)C)c4c(Br)ccc(c5ccc(Br)c1c52)c43. The van der Waals surface area contributed by atoms with Crippen LogP contribution in [0.3, 0.4) is 0 Å². The molecule has 0 fully saturated rings. The standard InChI is InChI=1S/C30H26Br2O4/c1-15(2)13-35-29(33)21-7-5-17-18-6-8-22(30(34)36-14-16(3)4)28-24(32)12-10-20(26(18)28)19-9-11-23(31)27(21)25(17)19/h5-12,15-16H,13-14H2,1-4H3. The third-order valence-electron chi connectivity index (χ3n) is 6.34. The predicted molar refractivity (Wildman–Crippen MR) is 153 cm³/mol. The molecule has 184 valence electrons. The summed E-state index contributed by atoms with van der Waals surface area (Å²) in [6.07, 6.45) is 0. The first-order valence-corrected chi connectivity index (χ1v) is 13.6. The van der Waals surface area contributed by atoms with Crippen LogP contribution in [-0.4, -0.2) is 25.2 Å². The van der Waals surface area contributed by atoms with E-state index in [9.17, 15) is 9.59 Å². The summed E-state index contributed by atoms with van der Waals surface area (Å²) in [6, 6.07) is 15.7. The minimum Gasteiger partial charge on any atom is -0.462 e. The number of carbonyl (C=O) groups is 2. The lowest BCUT2D eigenvalue weighted by atomic mass is 9.87. The van der Waals surface area contributed by atoms with E-state index >= 15 is 0 Å². The van der Waals surface area contributed by atoms with Crippen LogP contribution < -0.4 is 0 Å². The molecule has 6 heteroatoms. The van der Waals surface area contributed by atoms with Gasteiger partial charge in [-0.05, 0) is 68.4 Å². The summed E-state index contributed by atoms with van der Waals surface area (Å²) in [5.74, 6) is -0.158. The molecule has 0 saturated carbocycles. The topological polar surface area (TPSA) is 52.6 Å². The summed E-state index contributed by atoms with van der Waals surface area (Å²) >= 11 is 7.38. The molecule has 0 bridgehead atoms. The number of esters is 2. The van der Waals surface area contributed by atoms with Crippen LogP contribution in [0.25, 0.3) is 43.1 Å². The number of benzene rings is 5. The first kappa shape index (κ1) is 25.0. The van der Waals surface area contributed by atoms with Crippen molar-refractivity contribution >= 4 is 86.9 Å². The Balaban J connectivity index is 1.83. The number of carbonyl (C=O) groups excluding carboxylic acids is 2. The molecule has 0 amide bonds. The van der Waals surface area contributed by atoms with Crippen LogP contribution in [0.5, 0.6) is 0 Å². The molecular weight excluding hydrogens is 584 g/mol. The molecule has 0 aromatic heterocycles. The molecule has 5 aromatic carbocycles. The zero-order valence-electron chi connectivity index (χ0n) is 20.6. The maximum Gasteiger partial charge on any atom is 0.338 e. The maximum absolute atomic E-state index is 13.1. The van der Waals surface area contributed by atoms with Gasteiger partial charge < -0.3 is 9.47 Å². The molecule has 5 aromatic rings. The van der Waals surface area contributed by atoms with Crippen molar-refractivity contribution in [1.82, 2.24) is 0 Å². The van der Waals surface area contributed by atoms with Crippen LogP contribution in [0.15, 0.2) is 57.5 Å². The highest BCUT2D eigenvalue weighted by Crippen LogP contribution is 2.45. The summed E-state index contributed by atoms with van der Waals surface area (Å²) in [5, 5.41) is 7.71. The van der Waals surface area contributed by atoms with E-state index in [0.717, 1.165) is 52.0 Å². The van der Waals surface area contributed by atoms with Crippen molar-refractivity contribution in [3.63, 3.8) is 0 Å². The Kier molecular flexibility index (Phi) is 6.69. The average Bonchev–Trinajstić information content (AvgIpc) is 2.85. The van der Waals surface area contributed by atoms with E-state index in [1.165, 1.54) is 0 Å². The van der Waals surface area contributed by atoms with Crippen molar-refractivity contribution in [2.24, 2.45) is 11.8 Å². The normalized spacial score (nSPS) is 12.0. The Bertz CT molecular complexity index is 1510. The number of fused-ring (bicyclic) bond motifs is 2. The number of hydrogen-bond donors (Lipinski definition) is 0. The number of rotatable bonds is 6. The number of halogens is 2. The summed E-state index contributed by atoms with van der Waals surface area (Å²) in [4.78, 5) is 26.1. The van der Waals surface area contributed by atoms with E-state index in [1.807, 2.05) is 64.1 Å². The lowest BCUT2D eigenvalue weighted by molar-refractivity contribution is 0.0453. The minimum absolute atomic E-state index is 0.252. The average molecular weight is 610 g/mol. The molecule has 0 aliphatic rings. The van der Waals surface area contributed by atoms with Gasteiger partial charge in [-0.1, -0.05) is 83.8 Å². The molecule has 0 radical (unpaired) electrons. The molecule has 0 heterocycles. The second-order valence-electron chi connectivity index (χ2n) is 10.00. The third-order valence-corrected chi connectivity index (χ3v) is 7.66. The molecule has 0 aliphatic heterocycles. The number of hydrogen-bond acceptors (Lipinski definition) is 4. The summed E-state index contributed by atoms with van der Waals surface area (Å²) in [5.41, 5.74) is 1.07. The van der Waals surface area contributed by atoms with E-state index in [-0.39, 0.29) is 23.8 Å². The van der Waals surface area contributed by atoms with E-state index in [0.29, 0.717) is 24.3 Å². The highest BCUT2D eigenvalue weighted by Gasteiger charge is 2.23. The van der Waals surface area contributed by atoms with Gasteiger partial charge in [-0.15, -0.1) is 0 Å². The zero-order valence-corrected chi connectivity index (χ0v) is 23.7. The fourth-order valence-corrected chi connectivity index (χ4v) is 5.87. The zero-order chi connectivity index (χ0) is 25.7. The van der Waals surface area contributed by atoms with Crippen LogP contribution in [0.4, 0.5) is 0 Å². The van der Waals surface area contributed by atoms with Gasteiger partial charge in [-0.2, -0.15) is 0 Å². The van der Waals surface area contributed by atoms with Crippen LogP contribution in [0, 0.1) is 11.8 Å². The van der Waals surface area contributed by atoms with Gasteiger partial charge in [-0.25, -0.2) is 9.59 Å². The predicted octanol–water partition coefficient (Wildman–Crippen LogP) is 8.89. The van der Waals surface area contributed by atoms with Crippen molar-refractivity contribution in [3.8, 4) is 0 Å². The molecule has 0 spiro atoms. The fourth-order valence-electron chi connectivity index (χ4n) is 4.79. The largest absolute Gasteiger partial charge is 0.462 e. The molecule has 4 nitrogen and oxygen atoms in total. The van der Waals surface area contributed by atoms with Gasteiger partial charge in [-0.3, -0.25) is 0 Å². The van der Waals surface area contributed by atoms with E-state index in [1.54, 1.807) is 0 Å². The maximum atomic E-state index is 13.1. The molecule has 0 N–H and O–H groups in total. The van der Waals surface area contributed by atoms with Crippen molar-refractivity contribution in [3.05, 3.63) is 68.6 Å². The van der Waals surface area contributed by atoms with Gasteiger partial charge in [0.15, 0.2) is 0 Å². The Morgan fingerprint density at radius 1 is 0.583 bits per heavy atom. The minimum atomic E-state index is -0.330. The van der Waals surface area contributed by atoms with E-state index < -0.39 is 0 Å². The van der Waals surface area contributed by atoms with Crippen LogP contribution in [0.1, 0.15) is 48.4 Å². The van der Waals surface area contributed by atoms with Gasteiger partial charge in [0.2, 0.25) is 0 Å². The first-order valence-electron chi connectivity index (χ1n) is 12.0. The molecule has 0 atom stereocenters. The Hall–Kier alpha value is -2.70. The monoisotopic (exact) mass is 608 g/mol. The Morgan fingerprint density at radius 2 is 0.917 bits per heavy atom. The molecule has 36 heavy (non-hydrogen) atoms. The van der Waals surface area contributed by atoms with Gasteiger partial charge in [0.25, 0.3) is 0 Å². The lowest BCUT2D eigenvalue weighted by Gasteiger charge is -2.19. The van der Waals surface area contributed by atoms with E-state index in [2.05, 4.69) is 44.0 Å². The first-order chi connectivity index (χ1) is 17.2. The van der Waals surface area contributed by atoms with Crippen molar-refractivity contribution < 1.29 is 19.1 Å². The van der Waals surface area contributed by atoms with Gasteiger partial charge >= 0.3 is 11.9 Å². The quantitative estimate of drug-likeness (QED) is 0.110. The van der Waals surface area contributed by atoms with Gasteiger partial charge in [0.05, 0.1) is 24.3 Å². The summed E-state index contributed by atoms with van der Waals surface area (Å²) in [6.45, 7) is 8.80. The summed E-state index contributed by atoms with van der Waals surface area (Å²) in [7, 11) is 0. The van der Waals surface area contributed by atoms with Crippen molar-refractivity contribution in [2.75, 3.05) is 13.2 Å². The highest BCUT2D eigenvalue weighted by atomic mass is 79.9. The second-order valence-corrected chi connectivity index (χ2v) is 11.7. The smallest absolute Gasteiger partial charge is 0.338 e. The van der Waals surface area contributed by atoms with Crippen LogP contribution in [-0.2, 0) is 9.47 Å². The molecule has 0 unspecified atom stereocenters. The second kappa shape index (κ2) is 9.64. The molecule has 5 rings (SSSR count).